The summed E-state index contributed by atoms with van der Waals surface area (Å²) >= 11 is 0. The summed E-state index contributed by atoms with van der Waals surface area (Å²) in [4.78, 5) is 16.8. The first-order chi connectivity index (χ1) is 11.6. The van der Waals surface area contributed by atoms with Crippen LogP contribution in [0.2, 0.25) is 0 Å². The van der Waals surface area contributed by atoms with Gasteiger partial charge in [-0.15, -0.1) is 0 Å². The molecule has 2 fully saturated rings. The molecule has 1 heterocycles. The molecule has 1 saturated heterocycles. The third kappa shape index (κ3) is 4.05. The molecular weight excluding hydrogens is 307 g/mol. The summed E-state index contributed by atoms with van der Waals surface area (Å²) in [6.07, 6.45) is 3.70. The molecule has 24 heavy (non-hydrogen) atoms. The Balaban J connectivity index is 1.38. The molecule has 0 radical (unpaired) electrons. The van der Waals surface area contributed by atoms with Gasteiger partial charge in [-0.3, -0.25) is 9.69 Å². The SMILES string of the molecule is NC1(C(=O)NCCN2CCN(c3ccc(F)cc3)CC2)CCCC1. The monoisotopic (exact) mass is 334 g/mol. The first kappa shape index (κ1) is 17.2. The van der Waals surface area contributed by atoms with Crippen LogP contribution in [-0.4, -0.2) is 55.6 Å². The number of anilines is 1. The number of hydrogen-bond donors (Lipinski definition) is 2. The van der Waals surface area contributed by atoms with Crippen LogP contribution < -0.4 is 16.0 Å². The first-order valence-electron chi connectivity index (χ1n) is 8.87. The van der Waals surface area contributed by atoms with Gasteiger partial charge >= 0.3 is 0 Å². The van der Waals surface area contributed by atoms with Gasteiger partial charge < -0.3 is 16.0 Å². The van der Waals surface area contributed by atoms with Gasteiger partial charge in [-0.2, -0.15) is 0 Å². The summed E-state index contributed by atoms with van der Waals surface area (Å²) in [6.45, 7) is 5.22. The minimum Gasteiger partial charge on any atom is -0.369 e. The molecule has 0 aromatic heterocycles. The molecule has 6 heteroatoms. The van der Waals surface area contributed by atoms with E-state index in [0.717, 1.165) is 64.1 Å². The van der Waals surface area contributed by atoms with Gasteiger partial charge in [-0.1, -0.05) is 12.8 Å². The fourth-order valence-corrected chi connectivity index (χ4v) is 3.62. The Morgan fingerprint density at radius 2 is 1.75 bits per heavy atom. The third-order valence-electron chi connectivity index (χ3n) is 5.23. The molecule has 1 aromatic rings. The van der Waals surface area contributed by atoms with Crippen LogP contribution in [0.4, 0.5) is 10.1 Å². The highest BCUT2D eigenvalue weighted by atomic mass is 19.1. The minimum absolute atomic E-state index is 0.00458. The first-order valence-corrected chi connectivity index (χ1v) is 8.87. The van der Waals surface area contributed by atoms with Gasteiger partial charge in [-0.25, -0.2) is 4.39 Å². The van der Waals surface area contributed by atoms with Crippen LogP contribution >= 0.6 is 0 Å². The molecule has 1 amide bonds. The zero-order valence-corrected chi connectivity index (χ0v) is 14.1. The van der Waals surface area contributed by atoms with Crippen LogP contribution in [0.3, 0.4) is 0 Å². The predicted molar refractivity (Wildman–Crippen MR) is 93.4 cm³/mol. The number of hydrogen-bond acceptors (Lipinski definition) is 4. The molecule has 3 rings (SSSR count). The van der Waals surface area contributed by atoms with E-state index in [4.69, 9.17) is 5.73 Å². The van der Waals surface area contributed by atoms with Crippen molar-refractivity contribution in [2.45, 2.75) is 31.2 Å². The Morgan fingerprint density at radius 3 is 2.38 bits per heavy atom. The molecule has 5 nitrogen and oxygen atoms in total. The van der Waals surface area contributed by atoms with Crippen molar-refractivity contribution < 1.29 is 9.18 Å². The van der Waals surface area contributed by atoms with Crippen molar-refractivity contribution in [1.82, 2.24) is 10.2 Å². The van der Waals surface area contributed by atoms with Gasteiger partial charge in [0.15, 0.2) is 0 Å². The molecule has 1 aliphatic carbocycles. The Kier molecular flexibility index (Phi) is 5.36. The minimum atomic E-state index is -0.638. The molecule has 0 atom stereocenters. The molecule has 1 saturated carbocycles. The maximum atomic E-state index is 13.0. The lowest BCUT2D eigenvalue weighted by Gasteiger charge is -2.36. The highest BCUT2D eigenvalue weighted by molar-refractivity contribution is 5.86. The second-order valence-electron chi connectivity index (χ2n) is 6.92. The van der Waals surface area contributed by atoms with Crippen LogP contribution in [0.1, 0.15) is 25.7 Å². The van der Waals surface area contributed by atoms with Gasteiger partial charge in [0.1, 0.15) is 5.82 Å². The number of nitrogens with one attached hydrogen (secondary N) is 1. The molecule has 132 valence electrons. The van der Waals surface area contributed by atoms with E-state index in [2.05, 4.69) is 15.1 Å². The lowest BCUT2D eigenvalue weighted by molar-refractivity contribution is -0.126. The lowest BCUT2D eigenvalue weighted by Crippen LogP contribution is -2.54. The van der Waals surface area contributed by atoms with Crippen LogP contribution in [-0.2, 0) is 4.79 Å². The van der Waals surface area contributed by atoms with E-state index < -0.39 is 5.54 Å². The maximum absolute atomic E-state index is 13.0. The molecular formula is C18H27FN4O. The Labute approximate surface area is 143 Å². The van der Waals surface area contributed by atoms with Crippen molar-refractivity contribution in [3.63, 3.8) is 0 Å². The second kappa shape index (κ2) is 7.49. The van der Waals surface area contributed by atoms with Crippen molar-refractivity contribution in [2.75, 3.05) is 44.2 Å². The maximum Gasteiger partial charge on any atom is 0.240 e. The summed E-state index contributed by atoms with van der Waals surface area (Å²) in [7, 11) is 0. The molecule has 1 aliphatic heterocycles. The smallest absolute Gasteiger partial charge is 0.240 e. The number of nitrogens with zero attached hydrogens (tertiary/aromatic N) is 2. The van der Waals surface area contributed by atoms with Crippen LogP contribution in [0.25, 0.3) is 0 Å². The van der Waals surface area contributed by atoms with E-state index in [0.29, 0.717) is 6.54 Å². The average molecular weight is 334 g/mol. The molecule has 0 unspecified atom stereocenters. The third-order valence-corrected chi connectivity index (χ3v) is 5.23. The number of carbonyl (C=O) groups excluding carboxylic acids is 1. The van der Waals surface area contributed by atoms with Crippen molar-refractivity contribution in [3.05, 3.63) is 30.1 Å². The quantitative estimate of drug-likeness (QED) is 0.853. The zero-order valence-electron chi connectivity index (χ0n) is 14.1. The molecule has 0 spiro atoms. The number of piperazine rings is 1. The highest BCUT2D eigenvalue weighted by Gasteiger charge is 2.36. The number of nitrogens with two attached hydrogens (primary N) is 1. The van der Waals surface area contributed by atoms with E-state index in [1.165, 1.54) is 12.1 Å². The topological polar surface area (TPSA) is 61.6 Å². The fraction of sp³-hybridized carbons (Fsp3) is 0.611. The number of benzene rings is 1. The van der Waals surface area contributed by atoms with Gasteiger partial charge in [0.25, 0.3) is 0 Å². The average Bonchev–Trinajstić information content (AvgIpc) is 3.04. The molecule has 0 bridgehead atoms. The van der Waals surface area contributed by atoms with Gasteiger partial charge in [0, 0.05) is 45.0 Å². The predicted octanol–water partition coefficient (Wildman–Crippen LogP) is 1.34. The number of rotatable bonds is 5. The summed E-state index contributed by atoms with van der Waals surface area (Å²) in [5.74, 6) is -0.196. The number of carbonyl (C=O) groups is 1. The van der Waals surface area contributed by atoms with Crippen LogP contribution in [0, 0.1) is 5.82 Å². The largest absolute Gasteiger partial charge is 0.369 e. The van der Waals surface area contributed by atoms with Gasteiger partial charge in [0.05, 0.1) is 5.54 Å². The van der Waals surface area contributed by atoms with Crippen molar-refractivity contribution in [1.29, 1.82) is 0 Å². The van der Waals surface area contributed by atoms with E-state index in [1.54, 1.807) is 0 Å². The standard InChI is InChI=1S/C18H27FN4O/c19-15-3-5-16(6-4-15)23-13-11-22(12-14-23)10-9-21-17(24)18(20)7-1-2-8-18/h3-6H,1-2,7-14,20H2,(H,21,24). The molecule has 3 N–H and O–H groups in total. The number of halogens is 1. The fourth-order valence-electron chi connectivity index (χ4n) is 3.62. The van der Waals surface area contributed by atoms with E-state index >= 15 is 0 Å². The molecule has 2 aliphatic rings. The summed E-state index contributed by atoms with van der Waals surface area (Å²) in [6, 6.07) is 6.66. The normalized spacial score (nSPS) is 21.0. The van der Waals surface area contributed by atoms with Crippen molar-refractivity contribution in [3.8, 4) is 0 Å². The summed E-state index contributed by atoms with van der Waals surface area (Å²) < 4.78 is 13.0. The highest BCUT2D eigenvalue weighted by Crippen LogP contribution is 2.27. The Hall–Kier alpha value is -1.66. The zero-order chi connectivity index (χ0) is 17.0. The van der Waals surface area contributed by atoms with E-state index in [9.17, 15) is 9.18 Å². The van der Waals surface area contributed by atoms with E-state index in [1.807, 2.05) is 12.1 Å². The van der Waals surface area contributed by atoms with Crippen molar-refractivity contribution in [2.24, 2.45) is 5.73 Å². The van der Waals surface area contributed by atoms with E-state index in [-0.39, 0.29) is 11.7 Å². The lowest BCUT2D eigenvalue weighted by atomic mass is 9.98. The summed E-state index contributed by atoms with van der Waals surface area (Å²) in [5.41, 5.74) is 6.58. The summed E-state index contributed by atoms with van der Waals surface area (Å²) in [5, 5.41) is 3.00. The van der Waals surface area contributed by atoms with Crippen LogP contribution in [0.15, 0.2) is 24.3 Å². The van der Waals surface area contributed by atoms with Gasteiger partial charge in [0.2, 0.25) is 5.91 Å². The van der Waals surface area contributed by atoms with Crippen LogP contribution in [0.5, 0.6) is 0 Å². The van der Waals surface area contributed by atoms with Gasteiger partial charge in [-0.05, 0) is 37.1 Å². The number of amides is 1. The Morgan fingerprint density at radius 1 is 1.12 bits per heavy atom. The molecule has 1 aromatic carbocycles. The second-order valence-corrected chi connectivity index (χ2v) is 6.92. The Bertz CT molecular complexity index is 549. The van der Waals surface area contributed by atoms with Crippen molar-refractivity contribution >= 4 is 11.6 Å².